The van der Waals surface area contributed by atoms with E-state index in [9.17, 15) is 8.42 Å². The molecule has 2 N–H and O–H groups in total. The quantitative estimate of drug-likeness (QED) is 0.808. The number of nitrogens with zero attached hydrogens (tertiary/aromatic N) is 2. The molecule has 2 aromatic rings. The van der Waals surface area contributed by atoms with E-state index in [0.29, 0.717) is 5.56 Å². The van der Waals surface area contributed by atoms with E-state index < -0.39 is 10.0 Å². The number of aliphatic hydroxyl groups is 1. The van der Waals surface area contributed by atoms with Gasteiger partial charge in [0.2, 0.25) is 0 Å². The third-order valence-electron chi connectivity index (χ3n) is 2.24. The van der Waals surface area contributed by atoms with Gasteiger partial charge in [-0.25, -0.2) is 13.4 Å². The largest absolute Gasteiger partial charge is 0.384 e. The van der Waals surface area contributed by atoms with Gasteiger partial charge in [0, 0.05) is 24.2 Å². The van der Waals surface area contributed by atoms with Crippen LogP contribution < -0.4 is 4.72 Å². The molecule has 0 aromatic carbocycles. The van der Waals surface area contributed by atoms with Gasteiger partial charge in [-0.1, -0.05) is 17.9 Å². The first-order chi connectivity index (χ1) is 9.62. The Hall–Kier alpha value is -2.43. The predicted molar refractivity (Wildman–Crippen MR) is 73.2 cm³/mol. The second-order valence-electron chi connectivity index (χ2n) is 3.69. The van der Waals surface area contributed by atoms with Crippen LogP contribution in [0, 0.1) is 11.8 Å². The minimum absolute atomic E-state index is 0.0205. The van der Waals surface area contributed by atoms with Gasteiger partial charge in [0.1, 0.15) is 17.3 Å². The Labute approximate surface area is 116 Å². The van der Waals surface area contributed by atoms with E-state index in [1.807, 2.05) is 0 Å². The molecule has 0 unspecified atom stereocenters. The zero-order valence-electron chi connectivity index (χ0n) is 10.3. The van der Waals surface area contributed by atoms with Crippen LogP contribution in [-0.4, -0.2) is 30.1 Å². The molecule has 0 aliphatic rings. The van der Waals surface area contributed by atoms with Crippen LogP contribution in [0.3, 0.4) is 0 Å². The molecule has 0 aliphatic carbocycles. The number of hydrogen-bond donors (Lipinski definition) is 2. The van der Waals surface area contributed by atoms with E-state index >= 15 is 0 Å². The fourth-order valence-corrected chi connectivity index (χ4v) is 2.39. The highest BCUT2D eigenvalue weighted by atomic mass is 32.2. The van der Waals surface area contributed by atoms with Crippen LogP contribution in [-0.2, 0) is 10.0 Å². The zero-order valence-corrected chi connectivity index (χ0v) is 11.1. The Morgan fingerprint density at radius 2 is 2.15 bits per heavy atom. The molecule has 2 rings (SSSR count). The second kappa shape index (κ2) is 6.14. The summed E-state index contributed by atoms with van der Waals surface area (Å²) < 4.78 is 26.6. The molecular weight excluding hydrogens is 278 g/mol. The second-order valence-corrected chi connectivity index (χ2v) is 5.37. The maximum atomic E-state index is 12.1. The minimum atomic E-state index is -3.77. The summed E-state index contributed by atoms with van der Waals surface area (Å²) in [5.74, 6) is 5.25. The van der Waals surface area contributed by atoms with Gasteiger partial charge in [-0.15, -0.1) is 0 Å². The summed E-state index contributed by atoms with van der Waals surface area (Å²) >= 11 is 0. The molecule has 0 spiro atoms. The maximum Gasteiger partial charge on any atom is 0.264 e. The molecule has 102 valence electrons. The Morgan fingerprint density at radius 1 is 1.30 bits per heavy atom. The van der Waals surface area contributed by atoms with Crippen molar-refractivity contribution in [2.24, 2.45) is 0 Å². The van der Waals surface area contributed by atoms with Crippen molar-refractivity contribution in [3.05, 3.63) is 48.4 Å². The molecule has 0 fully saturated rings. The molecule has 20 heavy (non-hydrogen) atoms. The average Bonchev–Trinajstić information content (AvgIpc) is 2.46. The molecular formula is C13H11N3O3S. The van der Waals surface area contributed by atoms with Gasteiger partial charge < -0.3 is 5.11 Å². The summed E-state index contributed by atoms with van der Waals surface area (Å²) in [5, 5.41) is 8.62. The van der Waals surface area contributed by atoms with Crippen molar-refractivity contribution in [1.82, 2.24) is 9.97 Å². The zero-order chi connectivity index (χ0) is 14.4. The summed E-state index contributed by atoms with van der Waals surface area (Å²) in [6, 6.07) is 6.28. The lowest BCUT2D eigenvalue weighted by Crippen LogP contribution is -2.14. The summed E-state index contributed by atoms with van der Waals surface area (Å²) in [7, 11) is -3.77. The molecule has 6 nitrogen and oxygen atoms in total. The van der Waals surface area contributed by atoms with Crippen molar-refractivity contribution in [3.63, 3.8) is 0 Å². The Bertz CT molecular complexity index is 749. The van der Waals surface area contributed by atoms with Crippen molar-refractivity contribution in [2.75, 3.05) is 11.3 Å². The van der Waals surface area contributed by atoms with Crippen molar-refractivity contribution in [3.8, 4) is 11.8 Å². The predicted octanol–water partition coefficient (Wildman–Crippen LogP) is 0.621. The maximum absolute atomic E-state index is 12.1. The molecule has 2 aromatic heterocycles. The number of anilines is 1. The lowest BCUT2D eigenvalue weighted by Gasteiger charge is -2.06. The van der Waals surface area contributed by atoms with Gasteiger partial charge in [-0.2, -0.15) is 0 Å². The molecule has 0 saturated heterocycles. The third kappa shape index (κ3) is 3.54. The first-order valence-corrected chi connectivity index (χ1v) is 7.09. The van der Waals surface area contributed by atoms with Crippen LogP contribution in [0.1, 0.15) is 5.56 Å². The normalized spacial score (nSPS) is 10.4. The van der Waals surface area contributed by atoms with E-state index in [4.69, 9.17) is 5.11 Å². The van der Waals surface area contributed by atoms with E-state index in [1.54, 1.807) is 18.2 Å². The number of pyridine rings is 2. The van der Waals surface area contributed by atoms with Gasteiger partial charge >= 0.3 is 0 Å². The Balaban J connectivity index is 2.30. The van der Waals surface area contributed by atoms with E-state index in [2.05, 4.69) is 26.5 Å². The lowest BCUT2D eigenvalue weighted by atomic mass is 10.3. The van der Waals surface area contributed by atoms with E-state index in [-0.39, 0.29) is 17.3 Å². The summed E-state index contributed by atoms with van der Waals surface area (Å²) in [5.41, 5.74) is 0.406. The van der Waals surface area contributed by atoms with Crippen LogP contribution in [0.2, 0.25) is 0 Å². The summed E-state index contributed by atoms with van der Waals surface area (Å²) in [6.45, 7) is -0.302. The van der Waals surface area contributed by atoms with Gasteiger partial charge in [-0.05, 0) is 18.2 Å². The SMILES string of the molecule is O=S(=O)(Nc1ccccn1)c1cncc(C#CCO)c1. The van der Waals surface area contributed by atoms with Crippen LogP contribution in [0.4, 0.5) is 5.82 Å². The van der Waals surface area contributed by atoms with Crippen LogP contribution in [0.25, 0.3) is 0 Å². The van der Waals surface area contributed by atoms with Crippen LogP contribution >= 0.6 is 0 Å². The smallest absolute Gasteiger partial charge is 0.264 e. The minimum Gasteiger partial charge on any atom is -0.384 e. The molecule has 0 bridgehead atoms. The molecule has 0 aliphatic heterocycles. The fraction of sp³-hybridized carbons (Fsp3) is 0.0769. The third-order valence-corrected chi connectivity index (χ3v) is 3.56. The Kier molecular flexibility index (Phi) is 4.30. The number of sulfonamides is 1. The molecule has 0 radical (unpaired) electrons. The molecule has 7 heteroatoms. The van der Waals surface area contributed by atoms with E-state index in [0.717, 1.165) is 0 Å². The number of rotatable bonds is 3. The fourth-order valence-electron chi connectivity index (χ4n) is 1.40. The van der Waals surface area contributed by atoms with Crippen molar-refractivity contribution < 1.29 is 13.5 Å². The topological polar surface area (TPSA) is 92.2 Å². The highest BCUT2D eigenvalue weighted by molar-refractivity contribution is 7.92. The molecule has 2 heterocycles. The molecule has 0 amide bonds. The van der Waals surface area contributed by atoms with Crippen LogP contribution in [0.5, 0.6) is 0 Å². The number of nitrogens with one attached hydrogen (secondary N) is 1. The highest BCUT2D eigenvalue weighted by Gasteiger charge is 2.15. The summed E-state index contributed by atoms with van der Waals surface area (Å²) in [4.78, 5) is 7.69. The van der Waals surface area contributed by atoms with Crippen LogP contribution in [0.15, 0.2) is 47.8 Å². The molecule has 0 atom stereocenters. The number of hydrogen-bond acceptors (Lipinski definition) is 5. The lowest BCUT2D eigenvalue weighted by molar-refractivity contribution is 0.350. The average molecular weight is 289 g/mol. The Morgan fingerprint density at radius 3 is 2.85 bits per heavy atom. The highest BCUT2D eigenvalue weighted by Crippen LogP contribution is 2.13. The van der Waals surface area contributed by atoms with Gasteiger partial charge in [-0.3, -0.25) is 9.71 Å². The first-order valence-electron chi connectivity index (χ1n) is 5.60. The van der Waals surface area contributed by atoms with Gasteiger partial charge in [0.15, 0.2) is 0 Å². The summed E-state index contributed by atoms with van der Waals surface area (Å²) in [6.07, 6.45) is 4.12. The van der Waals surface area contributed by atoms with Gasteiger partial charge in [0.25, 0.3) is 10.0 Å². The van der Waals surface area contributed by atoms with E-state index in [1.165, 1.54) is 24.7 Å². The number of aromatic nitrogens is 2. The van der Waals surface area contributed by atoms with Crippen molar-refractivity contribution >= 4 is 15.8 Å². The van der Waals surface area contributed by atoms with Crippen molar-refractivity contribution in [1.29, 1.82) is 0 Å². The standard InChI is InChI=1S/C13H11N3O3S/c17-7-3-4-11-8-12(10-14-9-11)20(18,19)16-13-5-1-2-6-15-13/h1-2,5-6,8-10,17H,7H2,(H,15,16). The monoisotopic (exact) mass is 289 g/mol. The van der Waals surface area contributed by atoms with Gasteiger partial charge in [0.05, 0.1) is 0 Å². The molecule has 0 saturated carbocycles. The van der Waals surface area contributed by atoms with Crippen molar-refractivity contribution in [2.45, 2.75) is 4.90 Å². The first kappa shape index (κ1) is 14.0. The number of aliphatic hydroxyl groups excluding tert-OH is 1.